The molecule has 0 aliphatic heterocycles. The Bertz CT molecular complexity index is 321. The van der Waals surface area contributed by atoms with Gasteiger partial charge in [-0.05, 0) is 31.2 Å². The summed E-state index contributed by atoms with van der Waals surface area (Å²) in [6.45, 7) is 2.16. The fraction of sp³-hybridized carbons (Fsp3) is 0.455. The normalized spacial score (nSPS) is 10.4. The molecule has 3 nitrogen and oxygen atoms in total. The first kappa shape index (κ1) is 13.6. The van der Waals surface area contributed by atoms with E-state index < -0.39 is 0 Å². The van der Waals surface area contributed by atoms with E-state index in [4.69, 9.17) is 33.0 Å². The average molecular weight is 264 g/mol. The van der Waals surface area contributed by atoms with Gasteiger partial charge in [0.2, 0.25) is 0 Å². The largest absolute Gasteiger partial charge is 0.492 e. The summed E-state index contributed by atoms with van der Waals surface area (Å²) in [4.78, 5) is 0. The van der Waals surface area contributed by atoms with Crippen LogP contribution in [0.15, 0.2) is 18.2 Å². The molecule has 0 heterocycles. The van der Waals surface area contributed by atoms with Crippen molar-refractivity contribution >= 4 is 23.2 Å². The van der Waals surface area contributed by atoms with Crippen molar-refractivity contribution in [1.82, 2.24) is 5.32 Å². The van der Waals surface area contributed by atoms with Crippen LogP contribution in [-0.4, -0.2) is 31.4 Å². The van der Waals surface area contributed by atoms with Crippen LogP contribution in [-0.2, 0) is 0 Å². The van der Waals surface area contributed by atoms with Gasteiger partial charge >= 0.3 is 0 Å². The Labute approximate surface area is 105 Å². The fourth-order valence-corrected chi connectivity index (χ4v) is 1.64. The Morgan fingerprint density at radius 2 is 2.06 bits per heavy atom. The smallest absolute Gasteiger partial charge is 0.137 e. The summed E-state index contributed by atoms with van der Waals surface area (Å²) < 4.78 is 5.48. The topological polar surface area (TPSA) is 41.5 Å². The van der Waals surface area contributed by atoms with Crippen molar-refractivity contribution in [2.45, 2.75) is 6.42 Å². The number of benzene rings is 1. The minimum atomic E-state index is 0.157. The Balaban J connectivity index is 2.21. The van der Waals surface area contributed by atoms with Crippen LogP contribution in [0.2, 0.25) is 10.0 Å². The van der Waals surface area contributed by atoms with Crippen molar-refractivity contribution in [1.29, 1.82) is 0 Å². The predicted molar refractivity (Wildman–Crippen MR) is 66.5 cm³/mol. The Hall–Kier alpha value is -0.480. The highest BCUT2D eigenvalue weighted by atomic mass is 35.5. The molecule has 0 atom stereocenters. The zero-order valence-corrected chi connectivity index (χ0v) is 10.4. The third-order valence-corrected chi connectivity index (χ3v) is 2.47. The third-order valence-electron chi connectivity index (χ3n) is 1.94. The van der Waals surface area contributed by atoms with Crippen LogP contribution < -0.4 is 10.1 Å². The monoisotopic (exact) mass is 263 g/mol. The quantitative estimate of drug-likeness (QED) is 0.743. The van der Waals surface area contributed by atoms with Crippen molar-refractivity contribution < 1.29 is 9.84 Å². The van der Waals surface area contributed by atoms with E-state index in [9.17, 15) is 0 Å². The number of hydrogen-bond acceptors (Lipinski definition) is 3. The number of aliphatic hydroxyl groups excluding tert-OH is 1. The molecule has 16 heavy (non-hydrogen) atoms. The SMILES string of the molecule is OCCNCCCOc1ccc(Cl)cc1Cl. The number of aliphatic hydroxyl groups is 1. The second-order valence-corrected chi connectivity index (χ2v) is 4.09. The molecule has 0 fully saturated rings. The third kappa shape index (κ3) is 5.03. The number of hydrogen-bond donors (Lipinski definition) is 2. The van der Waals surface area contributed by atoms with Gasteiger partial charge in [-0.25, -0.2) is 0 Å². The molecule has 1 aromatic rings. The second-order valence-electron chi connectivity index (χ2n) is 3.25. The number of ether oxygens (including phenoxy) is 1. The van der Waals surface area contributed by atoms with Crippen LogP contribution >= 0.6 is 23.2 Å². The summed E-state index contributed by atoms with van der Waals surface area (Å²) in [5, 5.41) is 12.7. The maximum atomic E-state index is 8.54. The minimum absolute atomic E-state index is 0.157. The van der Waals surface area contributed by atoms with Gasteiger partial charge in [0.05, 0.1) is 18.2 Å². The molecule has 0 saturated carbocycles. The highest BCUT2D eigenvalue weighted by Gasteiger charge is 2.01. The highest BCUT2D eigenvalue weighted by Crippen LogP contribution is 2.27. The maximum Gasteiger partial charge on any atom is 0.137 e. The molecule has 0 unspecified atom stereocenters. The van der Waals surface area contributed by atoms with Crippen LogP contribution in [0, 0.1) is 0 Å². The summed E-state index contributed by atoms with van der Waals surface area (Å²) >= 11 is 11.7. The molecule has 0 saturated heterocycles. The summed E-state index contributed by atoms with van der Waals surface area (Å²) in [7, 11) is 0. The highest BCUT2D eigenvalue weighted by molar-refractivity contribution is 6.35. The van der Waals surface area contributed by atoms with Gasteiger partial charge in [-0.15, -0.1) is 0 Å². The van der Waals surface area contributed by atoms with Crippen molar-refractivity contribution in [2.75, 3.05) is 26.3 Å². The van der Waals surface area contributed by atoms with Crippen LogP contribution in [0.4, 0.5) is 0 Å². The van der Waals surface area contributed by atoms with Crippen molar-refractivity contribution in [3.8, 4) is 5.75 Å². The summed E-state index contributed by atoms with van der Waals surface area (Å²) in [6.07, 6.45) is 0.860. The van der Waals surface area contributed by atoms with E-state index in [-0.39, 0.29) is 6.61 Å². The van der Waals surface area contributed by atoms with Gasteiger partial charge in [0.15, 0.2) is 0 Å². The first-order valence-corrected chi connectivity index (χ1v) is 5.89. The number of halogens is 2. The van der Waals surface area contributed by atoms with Gasteiger partial charge in [0.25, 0.3) is 0 Å². The zero-order chi connectivity index (χ0) is 11.8. The lowest BCUT2D eigenvalue weighted by Gasteiger charge is -2.08. The second kappa shape index (κ2) is 7.74. The molecule has 1 rings (SSSR count). The Kier molecular flexibility index (Phi) is 6.57. The molecule has 0 bridgehead atoms. The fourth-order valence-electron chi connectivity index (χ4n) is 1.18. The molecule has 1 aromatic carbocycles. The van der Waals surface area contributed by atoms with Gasteiger partial charge in [-0.1, -0.05) is 23.2 Å². The summed E-state index contributed by atoms with van der Waals surface area (Å²) in [5.74, 6) is 0.647. The molecule has 2 N–H and O–H groups in total. The molecular formula is C11H15Cl2NO2. The summed E-state index contributed by atoms with van der Waals surface area (Å²) in [6, 6.07) is 5.15. The molecule has 0 spiro atoms. The van der Waals surface area contributed by atoms with E-state index >= 15 is 0 Å². The zero-order valence-electron chi connectivity index (χ0n) is 8.88. The lowest BCUT2D eigenvalue weighted by molar-refractivity contribution is 0.282. The Morgan fingerprint density at radius 3 is 2.75 bits per heavy atom. The van der Waals surface area contributed by atoms with E-state index in [0.29, 0.717) is 28.9 Å². The lowest BCUT2D eigenvalue weighted by atomic mass is 10.3. The summed E-state index contributed by atoms with van der Waals surface area (Å²) in [5.41, 5.74) is 0. The average Bonchev–Trinajstić information content (AvgIpc) is 2.26. The van der Waals surface area contributed by atoms with Gasteiger partial charge in [0.1, 0.15) is 5.75 Å². The molecule has 0 aliphatic carbocycles. The van der Waals surface area contributed by atoms with Crippen LogP contribution in [0.3, 0.4) is 0 Å². The molecule has 0 amide bonds. The van der Waals surface area contributed by atoms with Crippen LogP contribution in [0.25, 0.3) is 0 Å². The molecule has 0 aliphatic rings. The van der Waals surface area contributed by atoms with Crippen LogP contribution in [0.5, 0.6) is 5.75 Å². The van der Waals surface area contributed by atoms with E-state index in [1.165, 1.54) is 0 Å². The van der Waals surface area contributed by atoms with Gasteiger partial charge in [-0.2, -0.15) is 0 Å². The van der Waals surface area contributed by atoms with Gasteiger partial charge in [0, 0.05) is 11.6 Å². The van der Waals surface area contributed by atoms with Crippen molar-refractivity contribution in [3.63, 3.8) is 0 Å². The maximum absolute atomic E-state index is 8.54. The molecule has 0 aromatic heterocycles. The van der Waals surface area contributed by atoms with Crippen molar-refractivity contribution in [3.05, 3.63) is 28.2 Å². The Morgan fingerprint density at radius 1 is 1.25 bits per heavy atom. The van der Waals surface area contributed by atoms with Gasteiger partial charge < -0.3 is 15.2 Å². The lowest BCUT2D eigenvalue weighted by Crippen LogP contribution is -2.20. The van der Waals surface area contributed by atoms with Crippen LogP contribution in [0.1, 0.15) is 6.42 Å². The predicted octanol–water partition coefficient (Wildman–Crippen LogP) is 2.34. The van der Waals surface area contributed by atoms with E-state index in [2.05, 4.69) is 5.32 Å². The molecule has 0 radical (unpaired) electrons. The minimum Gasteiger partial charge on any atom is -0.492 e. The molecular weight excluding hydrogens is 249 g/mol. The van der Waals surface area contributed by atoms with Gasteiger partial charge in [-0.3, -0.25) is 0 Å². The first-order chi connectivity index (χ1) is 7.74. The molecule has 90 valence electrons. The number of rotatable bonds is 7. The van der Waals surface area contributed by atoms with E-state index in [0.717, 1.165) is 13.0 Å². The molecule has 5 heteroatoms. The first-order valence-electron chi connectivity index (χ1n) is 5.13. The van der Waals surface area contributed by atoms with E-state index in [1.54, 1.807) is 18.2 Å². The standard InChI is InChI=1S/C11H15Cl2NO2/c12-9-2-3-11(10(13)8-9)16-7-1-4-14-5-6-15/h2-3,8,14-15H,1,4-7H2. The van der Waals surface area contributed by atoms with E-state index in [1.807, 2.05) is 0 Å². The number of nitrogens with one attached hydrogen (secondary N) is 1. The van der Waals surface area contributed by atoms with Crippen molar-refractivity contribution in [2.24, 2.45) is 0 Å².